The third-order valence-electron chi connectivity index (χ3n) is 5.17. The van der Waals surface area contributed by atoms with Crippen LogP contribution < -0.4 is 5.32 Å². The van der Waals surface area contributed by atoms with E-state index < -0.39 is 5.60 Å². The van der Waals surface area contributed by atoms with E-state index in [4.69, 9.17) is 0 Å². The van der Waals surface area contributed by atoms with Gasteiger partial charge in [-0.05, 0) is 56.1 Å². The summed E-state index contributed by atoms with van der Waals surface area (Å²) < 4.78 is 0. The van der Waals surface area contributed by atoms with Crippen molar-refractivity contribution in [2.45, 2.75) is 52.2 Å². The van der Waals surface area contributed by atoms with E-state index in [9.17, 15) is 9.90 Å². The van der Waals surface area contributed by atoms with E-state index in [1.165, 1.54) is 17.7 Å². The highest BCUT2D eigenvalue weighted by Crippen LogP contribution is 2.29. The van der Waals surface area contributed by atoms with E-state index >= 15 is 0 Å². The smallest absolute Gasteiger partial charge is 0.252 e. The van der Waals surface area contributed by atoms with Gasteiger partial charge in [0.1, 0.15) is 5.60 Å². The number of aliphatic hydroxyl groups is 1. The van der Waals surface area contributed by atoms with Crippen molar-refractivity contribution in [3.8, 4) is 0 Å². The zero-order valence-electron chi connectivity index (χ0n) is 14.7. The minimum atomic E-state index is -1.32. The van der Waals surface area contributed by atoms with Crippen LogP contribution in [0, 0.1) is 11.8 Å². The van der Waals surface area contributed by atoms with Gasteiger partial charge in [0.15, 0.2) is 0 Å². The SMILES string of the molecule is CC1CCN(C(CNC(=O)C(C)(O)C(C)C)c2cccs2)CC1. The first-order valence-corrected chi connectivity index (χ1v) is 9.48. The van der Waals surface area contributed by atoms with Crippen LogP contribution in [0.1, 0.15) is 51.5 Å². The molecule has 1 saturated heterocycles. The Labute approximate surface area is 143 Å². The number of hydrogen-bond donors (Lipinski definition) is 2. The Kier molecular flexibility index (Phi) is 6.23. The zero-order valence-corrected chi connectivity index (χ0v) is 15.5. The van der Waals surface area contributed by atoms with Gasteiger partial charge in [0.05, 0.1) is 6.04 Å². The van der Waals surface area contributed by atoms with Crippen LogP contribution in [0.5, 0.6) is 0 Å². The molecule has 0 radical (unpaired) electrons. The van der Waals surface area contributed by atoms with Crippen molar-refractivity contribution in [3.63, 3.8) is 0 Å². The van der Waals surface area contributed by atoms with E-state index in [-0.39, 0.29) is 17.9 Å². The first-order valence-electron chi connectivity index (χ1n) is 8.60. The number of rotatable bonds is 6. The molecule has 2 atom stereocenters. The number of nitrogens with one attached hydrogen (secondary N) is 1. The Hall–Kier alpha value is -0.910. The second-order valence-electron chi connectivity index (χ2n) is 7.26. The van der Waals surface area contributed by atoms with Crippen molar-refractivity contribution in [2.24, 2.45) is 11.8 Å². The minimum absolute atomic E-state index is 0.112. The lowest BCUT2D eigenvalue weighted by molar-refractivity contribution is -0.142. The first-order chi connectivity index (χ1) is 10.8. The van der Waals surface area contributed by atoms with E-state index in [2.05, 4.69) is 34.7 Å². The molecule has 0 aromatic carbocycles. The van der Waals surface area contributed by atoms with Crippen LogP contribution in [0.25, 0.3) is 0 Å². The van der Waals surface area contributed by atoms with Gasteiger partial charge in [-0.3, -0.25) is 9.69 Å². The Balaban J connectivity index is 2.03. The summed E-state index contributed by atoms with van der Waals surface area (Å²) in [4.78, 5) is 16.1. The highest BCUT2D eigenvalue weighted by atomic mass is 32.1. The molecule has 23 heavy (non-hydrogen) atoms. The first kappa shape index (κ1) is 18.4. The van der Waals surface area contributed by atoms with Gasteiger partial charge < -0.3 is 10.4 Å². The lowest BCUT2D eigenvalue weighted by Gasteiger charge is -2.37. The van der Waals surface area contributed by atoms with E-state index in [0.29, 0.717) is 6.54 Å². The van der Waals surface area contributed by atoms with Crippen molar-refractivity contribution in [1.29, 1.82) is 0 Å². The minimum Gasteiger partial charge on any atom is -0.380 e. The maximum absolute atomic E-state index is 12.3. The molecule has 1 aliphatic heterocycles. The fourth-order valence-corrected chi connectivity index (χ4v) is 3.72. The number of hydrogen-bond acceptors (Lipinski definition) is 4. The second kappa shape index (κ2) is 7.77. The summed E-state index contributed by atoms with van der Waals surface area (Å²) in [7, 11) is 0. The number of nitrogens with zero attached hydrogens (tertiary/aromatic N) is 1. The van der Waals surface area contributed by atoms with Crippen molar-refractivity contribution in [1.82, 2.24) is 10.2 Å². The molecule has 0 aliphatic carbocycles. The van der Waals surface area contributed by atoms with Gasteiger partial charge in [0.25, 0.3) is 5.91 Å². The molecule has 130 valence electrons. The number of carbonyl (C=O) groups is 1. The fraction of sp³-hybridized carbons (Fsp3) is 0.722. The van der Waals surface area contributed by atoms with Gasteiger partial charge in [-0.25, -0.2) is 0 Å². The van der Waals surface area contributed by atoms with Crippen LogP contribution in [0.2, 0.25) is 0 Å². The number of carbonyl (C=O) groups excluding carboxylic acids is 1. The standard InChI is InChI=1S/C18H30N2O2S/c1-13(2)18(4,22)17(21)19-12-15(16-6-5-11-23-16)20-9-7-14(3)8-10-20/h5-6,11,13-15,22H,7-10,12H2,1-4H3,(H,19,21). The third kappa shape index (κ3) is 4.55. The van der Waals surface area contributed by atoms with Crippen LogP contribution >= 0.6 is 11.3 Å². The van der Waals surface area contributed by atoms with Gasteiger partial charge in [-0.1, -0.05) is 26.8 Å². The van der Waals surface area contributed by atoms with E-state index in [1.807, 2.05) is 13.8 Å². The summed E-state index contributed by atoms with van der Waals surface area (Å²) in [5, 5.41) is 15.4. The van der Waals surface area contributed by atoms with Crippen LogP contribution in [0.4, 0.5) is 0 Å². The predicted molar refractivity (Wildman–Crippen MR) is 95.5 cm³/mol. The molecule has 2 heterocycles. The summed E-state index contributed by atoms with van der Waals surface area (Å²) >= 11 is 1.74. The van der Waals surface area contributed by atoms with E-state index in [0.717, 1.165) is 19.0 Å². The molecule has 2 rings (SSSR count). The quantitative estimate of drug-likeness (QED) is 0.838. The highest BCUT2D eigenvalue weighted by molar-refractivity contribution is 7.10. The lowest BCUT2D eigenvalue weighted by atomic mass is 9.91. The van der Waals surface area contributed by atoms with Crippen molar-refractivity contribution < 1.29 is 9.90 Å². The Morgan fingerprint density at radius 2 is 2.13 bits per heavy atom. The maximum atomic E-state index is 12.3. The molecule has 1 amide bonds. The monoisotopic (exact) mass is 338 g/mol. The Morgan fingerprint density at radius 3 is 2.65 bits per heavy atom. The number of amides is 1. The van der Waals surface area contributed by atoms with Gasteiger partial charge in [0.2, 0.25) is 0 Å². The molecule has 4 nitrogen and oxygen atoms in total. The summed E-state index contributed by atoms with van der Waals surface area (Å²) in [5.74, 6) is 0.393. The molecule has 0 saturated carbocycles. The molecule has 1 fully saturated rings. The van der Waals surface area contributed by atoms with Crippen LogP contribution in [-0.4, -0.2) is 41.1 Å². The molecule has 0 spiro atoms. The number of piperidine rings is 1. The third-order valence-corrected chi connectivity index (χ3v) is 6.14. The van der Waals surface area contributed by atoms with E-state index in [1.54, 1.807) is 18.3 Å². The Morgan fingerprint density at radius 1 is 1.48 bits per heavy atom. The predicted octanol–water partition coefficient (Wildman–Crippen LogP) is 3.04. The molecule has 1 aromatic rings. The van der Waals surface area contributed by atoms with Crippen molar-refractivity contribution in [2.75, 3.05) is 19.6 Å². The molecule has 1 aromatic heterocycles. The normalized spacial score (nSPS) is 21.1. The van der Waals surface area contributed by atoms with Crippen LogP contribution in [-0.2, 0) is 4.79 Å². The molecular formula is C18H30N2O2S. The topological polar surface area (TPSA) is 52.6 Å². The van der Waals surface area contributed by atoms with Crippen molar-refractivity contribution in [3.05, 3.63) is 22.4 Å². The van der Waals surface area contributed by atoms with Crippen molar-refractivity contribution >= 4 is 17.2 Å². The number of likely N-dealkylation sites (tertiary alicyclic amines) is 1. The fourth-order valence-electron chi connectivity index (χ4n) is 2.86. The Bertz CT molecular complexity index is 491. The number of thiophene rings is 1. The van der Waals surface area contributed by atoms with Crippen LogP contribution in [0.15, 0.2) is 17.5 Å². The van der Waals surface area contributed by atoms with Gasteiger partial charge >= 0.3 is 0 Å². The van der Waals surface area contributed by atoms with Crippen LogP contribution in [0.3, 0.4) is 0 Å². The molecule has 0 bridgehead atoms. The zero-order chi connectivity index (χ0) is 17.0. The summed E-state index contributed by atoms with van der Waals surface area (Å²) in [6, 6.07) is 4.40. The molecule has 2 N–H and O–H groups in total. The van der Waals surface area contributed by atoms with Gasteiger partial charge in [0, 0.05) is 11.4 Å². The average Bonchev–Trinajstić information content (AvgIpc) is 3.03. The lowest BCUT2D eigenvalue weighted by Crippen LogP contribution is -2.50. The summed E-state index contributed by atoms with van der Waals surface area (Å²) in [6.45, 7) is 10.3. The summed E-state index contributed by atoms with van der Waals surface area (Å²) in [5.41, 5.74) is -1.32. The molecule has 1 aliphatic rings. The molecule has 2 unspecified atom stereocenters. The largest absolute Gasteiger partial charge is 0.380 e. The van der Waals surface area contributed by atoms with Gasteiger partial charge in [-0.15, -0.1) is 11.3 Å². The second-order valence-corrected chi connectivity index (χ2v) is 8.24. The maximum Gasteiger partial charge on any atom is 0.252 e. The molecular weight excluding hydrogens is 308 g/mol. The highest BCUT2D eigenvalue weighted by Gasteiger charge is 2.34. The average molecular weight is 339 g/mol. The molecule has 5 heteroatoms. The van der Waals surface area contributed by atoms with Gasteiger partial charge in [-0.2, -0.15) is 0 Å². The summed E-state index contributed by atoms with van der Waals surface area (Å²) in [6.07, 6.45) is 2.42.